The molecule has 0 aliphatic carbocycles. The van der Waals surface area contributed by atoms with Crippen molar-refractivity contribution in [2.24, 2.45) is 5.92 Å². The van der Waals surface area contributed by atoms with E-state index >= 15 is 0 Å². The summed E-state index contributed by atoms with van der Waals surface area (Å²) in [4.78, 5) is 14.2. The molecule has 1 unspecified atom stereocenters. The molecule has 1 aliphatic heterocycles. The van der Waals surface area contributed by atoms with Crippen molar-refractivity contribution in [3.05, 3.63) is 47.5 Å². The minimum Gasteiger partial charge on any atom is -0.337 e. The molecule has 0 saturated heterocycles. The van der Waals surface area contributed by atoms with Gasteiger partial charge in [-0.1, -0.05) is 42.0 Å². The molecular formula is C16H18N2O. The SMILES string of the molecule is CC1=CCCN(C(=O)C(C#N)Cc2ccccc2)C1. The van der Waals surface area contributed by atoms with Gasteiger partial charge in [-0.15, -0.1) is 0 Å². The van der Waals surface area contributed by atoms with Crippen LogP contribution in [0.3, 0.4) is 0 Å². The predicted molar refractivity (Wildman–Crippen MR) is 74.2 cm³/mol. The fraction of sp³-hybridized carbons (Fsp3) is 0.375. The summed E-state index contributed by atoms with van der Waals surface area (Å²) in [6, 6.07) is 11.9. The van der Waals surface area contributed by atoms with Crippen molar-refractivity contribution in [2.45, 2.75) is 19.8 Å². The Labute approximate surface area is 114 Å². The molecule has 0 fully saturated rings. The summed E-state index contributed by atoms with van der Waals surface area (Å²) in [7, 11) is 0. The average Bonchev–Trinajstić information content (AvgIpc) is 2.45. The maximum atomic E-state index is 12.4. The number of rotatable bonds is 3. The summed E-state index contributed by atoms with van der Waals surface area (Å²) in [6.45, 7) is 3.41. The fourth-order valence-electron chi connectivity index (χ4n) is 2.36. The average molecular weight is 254 g/mol. The van der Waals surface area contributed by atoms with Gasteiger partial charge in [0.15, 0.2) is 0 Å². The lowest BCUT2D eigenvalue weighted by molar-refractivity contribution is -0.133. The second-order valence-electron chi connectivity index (χ2n) is 4.97. The van der Waals surface area contributed by atoms with E-state index in [1.807, 2.05) is 37.3 Å². The lowest BCUT2D eigenvalue weighted by Gasteiger charge is -2.28. The molecule has 19 heavy (non-hydrogen) atoms. The molecule has 1 aliphatic rings. The van der Waals surface area contributed by atoms with Gasteiger partial charge in [-0.3, -0.25) is 4.79 Å². The van der Waals surface area contributed by atoms with Crippen LogP contribution in [0.15, 0.2) is 42.0 Å². The molecule has 1 amide bonds. The first kappa shape index (κ1) is 13.4. The Morgan fingerprint density at radius 3 is 2.79 bits per heavy atom. The zero-order valence-electron chi connectivity index (χ0n) is 11.2. The summed E-state index contributed by atoms with van der Waals surface area (Å²) in [5, 5.41) is 9.24. The van der Waals surface area contributed by atoms with Gasteiger partial charge in [0, 0.05) is 13.1 Å². The highest BCUT2D eigenvalue weighted by atomic mass is 16.2. The van der Waals surface area contributed by atoms with Gasteiger partial charge in [-0.2, -0.15) is 5.26 Å². The van der Waals surface area contributed by atoms with Gasteiger partial charge in [0.1, 0.15) is 5.92 Å². The van der Waals surface area contributed by atoms with E-state index in [0.717, 1.165) is 18.5 Å². The van der Waals surface area contributed by atoms with Crippen molar-refractivity contribution in [3.63, 3.8) is 0 Å². The van der Waals surface area contributed by atoms with E-state index < -0.39 is 5.92 Å². The van der Waals surface area contributed by atoms with Crippen LogP contribution in [-0.2, 0) is 11.2 Å². The summed E-state index contributed by atoms with van der Waals surface area (Å²) in [6.07, 6.45) is 3.54. The molecule has 1 aromatic carbocycles. The van der Waals surface area contributed by atoms with Gasteiger partial charge in [0.25, 0.3) is 0 Å². The smallest absolute Gasteiger partial charge is 0.240 e. The molecule has 1 aromatic rings. The zero-order valence-corrected chi connectivity index (χ0v) is 11.2. The second-order valence-corrected chi connectivity index (χ2v) is 4.97. The number of carbonyl (C=O) groups excluding carboxylic acids is 1. The number of amides is 1. The van der Waals surface area contributed by atoms with Crippen molar-refractivity contribution in [3.8, 4) is 6.07 Å². The third-order valence-corrected chi connectivity index (χ3v) is 3.38. The summed E-state index contributed by atoms with van der Waals surface area (Å²) in [5.41, 5.74) is 2.24. The van der Waals surface area contributed by atoms with Crippen LogP contribution >= 0.6 is 0 Å². The largest absolute Gasteiger partial charge is 0.337 e. The minimum atomic E-state index is -0.576. The Morgan fingerprint density at radius 2 is 2.16 bits per heavy atom. The van der Waals surface area contributed by atoms with Crippen LogP contribution in [0.5, 0.6) is 0 Å². The fourth-order valence-corrected chi connectivity index (χ4v) is 2.36. The number of carbonyl (C=O) groups is 1. The Kier molecular flexibility index (Phi) is 4.35. The molecule has 3 nitrogen and oxygen atoms in total. The molecule has 3 heteroatoms. The van der Waals surface area contributed by atoms with E-state index in [1.54, 1.807) is 4.90 Å². The minimum absolute atomic E-state index is 0.0428. The quantitative estimate of drug-likeness (QED) is 0.778. The summed E-state index contributed by atoms with van der Waals surface area (Å²) < 4.78 is 0. The van der Waals surface area contributed by atoms with Crippen molar-refractivity contribution in [1.29, 1.82) is 5.26 Å². The molecule has 0 N–H and O–H groups in total. The monoisotopic (exact) mass is 254 g/mol. The number of hydrogen-bond donors (Lipinski definition) is 0. The van der Waals surface area contributed by atoms with Crippen LogP contribution in [0.25, 0.3) is 0 Å². The van der Waals surface area contributed by atoms with E-state index in [0.29, 0.717) is 13.0 Å². The van der Waals surface area contributed by atoms with Crippen molar-refractivity contribution in [2.75, 3.05) is 13.1 Å². The molecule has 1 atom stereocenters. The molecule has 0 aromatic heterocycles. The van der Waals surface area contributed by atoms with Crippen LogP contribution in [0.1, 0.15) is 18.9 Å². The van der Waals surface area contributed by atoms with Crippen LogP contribution < -0.4 is 0 Å². The van der Waals surface area contributed by atoms with Crippen LogP contribution in [-0.4, -0.2) is 23.9 Å². The van der Waals surface area contributed by atoms with E-state index in [-0.39, 0.29) is 5.91 Å². The molecule has 0 spiro atoms. The van der Waals surface area contributed by atoms with Crippen LogP contribution in [0.4, 0.5) is 0 Å². The van der Waals surface area contributed by atoms with Gasteiger partial charge in [-0.25, -0.2) is 0 Å². The molecule has 2 rings (SSSR count). The van der Waals surface area contributed by atoms with E-state index in [2.05, 4.69) is 12.1 Å². The highest BCUT2D eigenvalue weighted by molar-refractivity contribution is 5.82. The normalized spacial score (nSPS) is 16.4. The number of nitrogens with zero attached hydrogens (tertiary/aromatic N) is 2. The highest BCUT2D eigenvalue weighted by Gasteiger charge is 2.25. The predicted octanol–water partition coefficient (Wildman–Crippen LogP) is 2.55. The topological polar surface area (TPSA) is 44.1 Å². The van der Waals surface area contributed by atoms with Gasteiger partial charge in [0.2, 0.25) is 5.91 Å². The van der Waals surface area contributed by atoms with Crippen LogP contribution in [0.2, 0.25) is 0 Å². The van der Waals surface area contributed by atoms with E-state index in [4.69, 9.17) is 0 Å². The molecule has 0 bridgehead atoms. The lowest BCUT2D eigenvalue weighted by atomic mass is 9.98. The molecule has 0 saturated carbocycles. The van der Waals surface area contributed by atoms with Gasteiger partial charge in [-0.05, 0) is 25.3 Å². The lowest BCUT2D eigenvalue weighted by Crippen LogP contribution is -2.39. The number of nitriles is 1. The third-order valence-electron chi connectivity index (χ3n) is 3.38. The van der Waals surface area contributed by atoms with Crippen molar-refractivity contribution >= 4 is 5.91 Å². The first-order valence-electron chi connectivity index (χ1n) is 6.58. The highest BCUT2D eigenvalue weighted by Crippen LogP contribution is 2.15. The van der Waals surface area contributed by atoms with Crippen molar-refractivity contribution in [1.82, 2.24) is 4.90 Å². The van der Waals surface area contributed by atoms with Crippen LogP contribution in [0, 0.1) is 17.2 Å². The zero-order chi connectivity index (χ0) is 13.7. The Bertz CT molecular complexity index is 513. The third kappa shape index (κ3) is 3.45. The number of hydrogen-bond acceptors (Lipinski definition) is 2. The Balaban J connectivity index is 2.04. The first-order valence-corrected chi connectivity index (χ1v) is 6.58. The Morgan fingerprint density at radius 1 is 1.42 bits per heavy atom. The molecular weight excluding hydrogens is 236 g/mol. The molecule has 0 radical (unpaired) electrons. The maximum Gasteiger partial charge on any atom is 0.240 e. The van der Waals surface area contributed by atoms with Gasteiger partial charge in [0.05, 0.1) is 6.07 Å². The second kappa shape index (κ2) is 6.19. The van der Waals surface area contributed by atoms with E-state index in [1.165, 1.54) is 5.57 Å². The summed E-state index contributed by atoms with van der Waals surface area (Å²) >= 11 is 0. The van der Waals surface area contributed by atoms with Crippen molar-refractivity contribution < 1.29 is 4.79 Å². The molecule has 1 heterocycles. The summed E-state index contributed by atoms with van der Waals surface area (Å²) in [5.74, 6) is -0.618. The molecule has 98 valence electrons. The van der Waals surface area contributed by atoms with E-state index in [9.17, 15) is 10.1 Å². The number of benzene rings is 1. The Hall–Kier alpha value is -2.08. The van der Waals surface area contributed by atoms with Gasteiger partial charge < -0.3 is 4.90 Å². The van der Waals surface area contributed by atoms with Gasteiger partial charge >= 0.3 is 0 Å². The maximum absolute atomic E-state index is 12.4. The first-order chi connectivity index (χ1) is 9.20. The standard InChI is InChI=1S/C16H18N2O/c1-13-6-5-9-18(12-13)16(19)15(11-17)10-14-7-3-2-4-8-14/h2-4,6-8,15H,5,9-10,12H2,1H3.